The first-order valence-electron chi connectivity index (χ1n) is 14.1. The number of alkyl halides is 6. The number of benzene rings is 4. The van der Waals surface area contributed by atoms with E-state index in [-0.39, 0.29) is 23.0 Å². The fraction of sp³-hybridized carbons (Fsp3) is 0.111. The van der Waals surface area contributed by atoms with E-state index in [4.69, 9.17) is 9.97 Å². The van der Waals surface area contributed by atoms with Crippen LogP contribution in [0.1, 0.15) is 22.5 Å². The van der Waals surface area contributed by atoms with Gasteiger partial charge in [-0.2, -0.15) is 26.3 Å². The average molecular weight is 627 g/mol. The van der Waals surface area contributed by atoms with Crippen molar-refractivity contribution in [3.63, 3.8) is 0 Å². The molecule has 0 aliphatic rings. The number of hydrogen-bond donors (Lipinski definition) is 0. The molecule has 0 N–H and O–H groups in total. The molecule has 0 atom stereocenters. The highest BCUT2D eigenvalue weighted by molar-refractivity contribution is 5.81. The van der Waals surface area contributed by atoms with Crippen molar-refractivity contribution in [3.05, 3.63) is 132 Å². The summed E-state index contributed by atoms with van der Waals surface area (Å²) in [7, 11) is 0. The van der Waals surface area contributed by atoms with Crippen LogP contribution in [0.3, 0.4) is 0 Å². The molecule has 4 nitrogen and oxygen atoms in total. The topological polar surface area (TPSA) is 51.6 Å². The molecule has 2 heterocycles. The molecule has 4 aromatic carbocycles. The van der Waals surface area contributed by atoms with E-state index in [9.17, 15) is 26.3 Å². The van der Waals surface area contributed by atoms with E-state index < -0.39 is 23.5 Å². The number of pyridine rings is 1. The van der Waals surface area contributed by atoms with Gasteiger partial charge >= 0.3 is 12.4 Å². The lowest BCUT2D eigenvalue weighted by atomic mass is 9.93. The molecule has 0 saturated carbocycles. The van der Waals surface area contributed by atoms with Crippen LogP contribution in [0, 0.1) is 13.8 Å². The van der Waals surface area contributed by atoms with Gasteiger partial charge in [0, 0.05) is 33.6 Å². The third-order valence-corrected chi connectivity index (χ3v) is 7.35. The van der Waals surface area contributed by atoms with E-state index in [1.165, 1.54) is 6.07 Å². The predicted molar refractivity (Wildman–Crippen MR) is 164 cm³/mol. The molecule has 0 spiro atoms. The summed E-state index contributed by atoms with van der Waals surface area (Å²) in [5.41, 5.74) is 1.37. The van der Waals surface area contributed by atoms with Gasteiger partial charge < -0.3 is 0 Å². The molecule has 0 radical (unpaired) electrons. The Bertz CT molecular complexity index is 1950. The normalized spacial score (nSPS) is 11.9. The lowest BCUT2D eigenvalue weighted by Gasteiger charge is -2.16. The molecule has 0 saturated heterocycles. The van der Waals surface area contributed by atoms with Crippen LogP contribution in [0.2, 0.25) is 0 Å². The molecule has 46 heavy (non-hydrogen) atoms. The lowest BCUT2D eigenvalue weighted by Crippen LogP contribution is -2.11. The molecule has 10 heteroatoms. The molecular weight excluding hydrogens is 602 g/mol. The van der Waals surface area contributed by atoms with Crippen LogP contribution in [0.25, 0.3) is 56.4 Å². The lowest BCUT2D eigenvalue weighted by molar-refractivity contribution is -0.143. The van der Waals surface area contributed by atoms with Gasteiger partial charge in [-0.15, -0.1) is 0 Å². The van der Waals surface area contributed by atoms with Crippen LogP contribution in [-0.2, 0) is 12.4 Å². The van der Waals surface area contributed by atoms with Gasteiger partial charge in [-0.25, -0.2) is 15.0 Å². The molecule has 230 valence electrons. The second-order valence-electron chi connectivity index (χ2n) is 10.7. The summed E-state index contributed by atoms with van der Waals surface area (Å²) in [4.78, 5) is 18.6. The summed E-state index contributed by atoms with van der Waals surface area (Å²) in [6.45, 7) is 3.60. The number of aryl methyl sites for hydroxylation is 2. The second-order valence-corrected chi connectivity index (χ2v) is 10.7. The first-order valence-corrected chi connectivity index (χ1v) is 14.1. The Morgan fingerprint density at radius 1 is 0.413 bits per heavy atom. The monoisotopic (exact) mass is 626 g/mol. The summed E-state index contributed by atoms with van der Waals surface area (Å²) in [6, 6.07) is 28.3. The first kappa shape index (κ1) is 30.6. The van der Waals surface area contributed by atoms with Crippen molar-refractivity contribution in [2.24, 2.45) is 0 Å². The first-order chi connectivity index (χ1) is 21.8. The van der Waals surface area contributed by atoms with Crippen LogP contribution in [0.15, 0.2) is 109 Å². The van der Waals surface area contributed by atoms with Crippen molar-refractivity contribution in [2.45, 2.75) is 26.2 Å². The van der Waals surface area contributed by atoms with Crippen LogP contribution in [0.5, 0.6) is 0 Å². The number of hydrogen-bond acceptors (Lipinski definition) is 4. The standard InChI is InChI=1S/C36H24F6N4/c1-21-13-14-31(22(2)43-21)27-15-25(26-18-29(35(37,38)39)20-30(19-26)36(40,41)42)16-28(17-27)34-45-32(23-9-5-3-6-10-23)44-33(46-34)24-11-7-4-8-12-24/h3-20H,1-2H3. The molecule has 0 unspecified atom stereocenters. The van der Waals surface area contributed by atoms with Gasteiger partial charge in [0.2, 0.25) is 0 Å². The maximum atomic E-state index is 13.8. The minimum absolute atomic E-state index is 0.118. The second kappa shape index (κ2) is 11.8. The number of halogens is 6. The quantitative estimate of drug-likeness (QED) is 0.179. The molecule has 0 fully saturated rings. The summed E-state index contributed by atoms with van der Waals surface area (Å²) in [5, 5.41) is 0. The van der Waals surface area contributed by atoms with E-state index in [1.54, 1.807) is 25.1 Å². The van der Waals surface area contributed by atoms with Crippen molar-refractivity contribution in [2.75, 3.05) is 0 Å². The number of aromatic nitrogens is 4. The SMILES string of the molecule is Cc1ccc(-c2cc(-c3cc(C(F)(F)F)cc(C(F)(F)F)c3)cc(-c3nc(-c4ccccc4)nc(-c4ccccc4)n3)c2)c(C)n1. The summed E-state index contributed by atoms with van der Waals surface area (Å²) in [6.07, 6.45) is -10.0. The molecule has 6 rings (SSSR count). The maximum absolute atomic E-state index is 13.8. The Morgan fingerprint density at radius 3 is 1.33 bits per heavy atom. The largest absolute Gasteiger partial charge is 0.416 e. The average Bonchev–Trinajstić information content (AvgIpc) is 3.04. The molecule has 0 aliphatic heterocycles. The minimum atomic E-state index is -5.00. The number of rotatable bonds is 5. The number of nitrogens with zero attached hydrogens (tertiary/aromatic N) is 4. The van der Waals surface area contributed by atoms with Gasteiger partial charge in [0.1, 0.15) is 0 Å². The Labute approximate surface area is 260 Å². The third kappa shape index (κ3) is 6.51. The Kier molecular flexibility index (Phi) is 7.89. The van der Waals surface area contributed by atoms with Crippen molar-refractivity contribution in [1.29, 1.82) is 0 Å². The molecule has 6 aromatic rings. The fourth-order valence-corrected chi connectivity index (χ4v) is 5.13. The minimum Gasteiger partial charge on any atom is -0.258 e. The van der Waals surface area contributed by atoms with Gasteiger partial charge in [-0.1, -0.05) is 66.7 Å². The van der Waals surface area contributed by atoms with Crippen molar-refractivity contribution in [1.82, 2.24) is 19.9 Å². The van der Waals surface area contributed by atoms with Gasteiger partial charge in [0.15, 0.2) is 17.5 Å². The van der Waals surface area contributed by atoms with Crippen LogP contribution in [-0.4, -0.2) is 19.9 Å². The zero-order valence-corrected chi connectivity index (χ0v) is 24.4. The fourth-order valence-electron chi connectivity index (χ4n) is 5.13. The van der Waals surface area contributed by atoms with Crippen LogP contribution >= 0.6 is 0 Å². The summed E-state index contributed by atoms with van der Waals surface area (Å²) in [5.74, 6) is 0.891. The Morgan fingerprint density at radius 2 is 0.848 bits per heavy atom. The Hall–Kier alpha value is -5.38. The van der Waals surface area contributed by atoms with E-state index >= 15 is 0 Å². The van der Waals surface area contributed by atoms with Gasteiger partial charge in [0.05, 0.1) is 11.1 Å². The van der Waals surface area contributed by atoms with Crippen molar-refractivity contribution in [3.8, 4) is 56.4 Å². The zero-order chi connectivity index (χ0) is 32.6. The molecule has 2 aromatic heterocycles. The zero-order valence-electron chi connectivity index (χ0n) is 24.4. The van der Waals surface area contributed by atoms with Gasteiger partial charge in [-0.05, 0) is 73.0 Å². The van der Waals surface area contributed by atoms with E-state index in [2.05, 4.69) is 9.97 Å². The third-order valence-electron chi connectivity index (χ3n) is 7.35. The highest BCUT2D eigenvalue weighted by Crippen LogP contribution is 2.41. The molecular formula is C36H24F6N4. The van der Waals surface area contributed by atoms with Crippen molar-refractivity contribution < 1.29 is 26.3 Å². The highest BCUT2D eigenvalue weighted by atomic mass is 19.4. The molecule has 0 amide bonds. The van der Waals surface area contributed by atoms with Crippen molar-refractivity contribution >= 4 is 0 Å². The van der Waals surface area contributed by atoms with E-state index in [1.807, 2.05) is 73.7 Å². The molecule has 0 aliphatic carbocycles. The van der Waals surface area contributed by atoms with E-state index in [0.29, 0.717) is 45.2 Å². The van der Waals surface area contributed by atoms with Gasteiger partial charge in [-0.3, -0.25) is 4.98 Å². The van der Waals surface area contributed by atoms with Gasteiger partial charge in [0.25, 0.3) is 0 Å². The Balaban J connectivity index is 1.64. The summed E-state index contributed by atoms with van der Waals surface area (Å²) < 4.78 is 83.0. The maximum Gasteiger partial charge on any atom is 0.416 e. The van der Waals surface area contributed by atoms with Crippen LogP contribution < -0.4 is 0 Å². The predicted octanol–water partition coefficient (Wildman–Crippen LogP) is 10.3. The summed E-state index contributed by atoms with van der Waals surface area (Å²) >= 11 is 0. The highest BCUT2D eigenvalue weighted by Gasteiger charge is 2.37. The van der Waals surface area contributed by atoms with E-state index in [0.717, 1.165) is 17.8 Å². The smallest absolute Gasteiger partial charge is 0.258 e. The van der Waals surface area contributed by atoms with Crippen LogP contribution in [0.4, 0.5) is 26.3 Å². The molecule has 0 bridgehead atoms.